The monoisotopic (exact) mass is 660 g/mol. The summed E-state index contributed by atoms with van der Waals surface area (Å²) in [5.74, 6) is -1.23. The van der Waals surface area contributed by atoms with Crippen LogP contribution in [-0.4, -0.2) is 84.9 Å². The molecule has 0 aromatic heterocycles. The fraction of sp³-hybridized carbons (Fsp3) is 0.571. The molecule has 2 fully saturated rings. The standard InChI is InChI=1S/2C14H19FN2O4S/c2*15-12-4-3-10-7-17(8-11(10)6-12)22(19,20)9-13(16-18)14-2-1-5-21-14/h2*3-4,6,13-14,16,18H,1-2,5,7-9H2/t13-,14+;13-,14-/m01/s1. The van der Waals surface area contributed by atoms with Crippen molar-refractivity contribution in [3.05, 3.63) is 70.3 Å². The first-order valence-electron chi connectivity index (χ1n) is 14.5. The smallest absolute Gasteiger partial charge is 0.216 e. The molecule has 12 nitrogen and oxygen atoms in total. The second-order valence-corrected chi connectivity index (χ2v) is 15.5. The van der Waals surface area contributed by atoms with Gasteiger partial charge in [0.15, 0.2) is 0 Å². The van der Waals surface area contributed by atoms with Crippen LogP contribution in [0.25, 0.3) is 0 Å². The van der Waals surface area contributed by atoms with E-state index in [4.69, 9.17) is 9.47 Å². The molecular weight excluding hydrogens is 622 g/mol. The molecule has 0 aliphatic carbocycles. The predicted octanol–water partition coefficient (Wildman–Crippen LogP) is 2.00. The Bertz CT molecular complexity index is 1410. The van der Waals surface area contributed by atoms with Gasteiger partial charge in [0.1, 0.15) is 11.6 Å². The van der Waals surface area contributed by atoms with Crippen LogP contribution in [0.2, 0.25) is 0 Å². The van der Waals surface area contributed by atoms with Gasteiger partial charge in [-0.25, -0.2) is 25.6 Å². The number of nitrogens with zero attached hydrogens (tertiary/aromatic N) is 2. The third-order valence-corrected chi connectivity index (χ3v) is 12.1. The Hall–Kier alpha value is -2.12. The summed E-state index contributed by atoms with van der Waals surface area (Å²) < 4.78 is 90.1. The van der Waals surface area contributed by atoms with Crippen molar-refractivity contribution in [2.24, 2.45) is 0 Å². The summed E-state index contributed by atoms with van der Waals surface area (Å²) in [5, 5.41) is 18.5. The van der Waals surface area contributed by atoms with Crippen LogP contribution in [0.4, 0.5) is 8.78 Å². The highest BCUT2D eigenvalue weighted by molar-refractivity contribution is 7.89. The minimum atomic E-state index is -3.58. The van der Waals surface area contributed by atoms with Crippen LogP contribution in [-0.2, 0) is 55.7 Å². The summed E-state index contributed by atoms with van der Waals surface area (Å²) in [7, 11) is -7.16. The van der Waals surface area contributed by atoms with Crippen molar-refractivity contribution < 1.29 is 45.5 Å². The lowest BCUT2D eigenvalue weighted by atomic mass is 10.1. The van der Waals surface area contributed by atoms with Gasteiger partial charge in [0.05, 0.1) is 35.8 Å². The van der Waals surface area contributed by atoms with E-state index in [9.17, 15) is 36.0 Å². The van der Waals surface area contributed by atoms with E-state index in [2.05, 4.69) is 11.0 Å². The highest BCUT2D eigenvalue weighted by Crippen LogP contribution is 2.29. The number of ether oxygens (including phenoxy) is 2. The number of hydrogen-bond acceptors (Lipinski definition) is 10. The predicted molar refractivity (Wildman–Crippen MR) is 154 cm³/mol. The Morgan fingerprint density at radius 3 is 1.43 bits per heavy atom. The summed E-state index contributed by atoms with van der Waals surface area (Å²) in [6.07, 6.45) is 2.55. The maximum Gasteiger partial charge on any atom is 0.216 e. The number of rotatable bonds is 10. The molecule has 0 amide bonds. The lowest BCUT2D eigenvalue weighted by Crippen LogP contribution is -2.46. The van der Waals surface area contributed by atoms with E-state index < -0.39 is 32.1 Å². The molecule has 2 aromatic rings. The largest absolute Gasteiger partial charge is 0.376 e. The van der Waals surface area contributed by atoms with E-state index in [-0.39, 0.29) is 61.5 Å². The first kappa shape index (κ1) is 33.2. The van der Waals surface area contributed by atoms with Gasteiger partial charge in [-0.2, -0.15) is 19.6 Å². The molecule has 4 aliphatic rings. The zero-order valence-electron chi connectivity index (χ0n) is 24.1. The van der Waals surface area contributed by atoms with Crippen LogP contribution in [0, 0.1) is 11.6 Å². The fourth-order valence-corrected chi connectivity index (χ4v) is 9.27. The van der Waals surface area contributed by atoms with Gasteiger partial charge < -0.3 is 19.9 Å². The van der Waals surface area contributed by atoms with Gasteiger partial charge in [0, 0.05) is 39.4 Å². The van der Waals surface area contributed by atoms with E-state index in [1.54, 1.807) is 12.1 Å². The number of hydrogen-bond donors (Lipinski definition) is 4. The van der Waals surface area contributed by atoms with Crippen LogP contribution in [0.15, 0.2) is 36.4 Å². The molecule has 0 saturated carbocycles. The third kappa shape index (κ3) is 7.81. The summed E-state index contributed by atoms with van der Waals surface area (Å²) in [6, 6.07) is 7.31. The normalized spacial score (nSPS) is 23.6. The molecule has 2 aromatic carbocycles. The van der Waals surface area contributed by atoms with E-state index in [1.807, 2.05) is 0 Å². The second kappa shape index (κ2) is 14.1. The van der Waals surface area contributed by atoms with E-state index >= 15 is 0 Å². The number of benzene rings is 2. The van der Waals surface area contributed by atoms with E-state index in [1.165, 1.54) is 32.9 Å². The van der Waals surface area contributed by atoms with Gasteiger partial charge in [0.25, 0.3) is 0 Å². The molecule has 0 spiro atoms. The maximum atomic E-state index is 13.2. The van der Waals surface area contributed by atoms with Gasteiger partial charge in [-0.3, -0.25) is 0 Å². The molecule has 0 radical (unpaired) electrons. The summed E-state index contributed by atoms with van der Waals surface area (Å²) >= 11 is 0. The van der Waals surface area contributed by atoms with Crippen molar-refractivity contribution in [2.45, 2.75) is 76.2 Å². The fourth-order valence-electron chi connectivity index (χ4n) is 6.02. The van der Waals surface area contributed by atoms with Crippen molar-refractivity contribution in [1.82, 2.24) is 19.6 Å². The summed E-state index contributed by atoms with van der Waals surface area (Å²) in [5.41, 5.74) is 7.13. The molecule has 44 heavy (non-hydrogen) atoms. The Morgan fingerprint density at radius 1 is 0.705 bits per heavy atom. The topological polar surface area (TPSA) is 158 Å². The Balaban J connectivity index is 0.000000175. The van der Waals surface area contributed by atoms with Crippen LogP contribution in [0.3, 0.4) is 0 Å². The first-order chi connectivity index (χ1) is 21.0. The molecule has 6 rings (SSSR count). The summed E-state index contributed by atoms with van der Waals surface area (Å²) in [6.45, 7) is 1.97. The highest BCUT2D eigenvalue weighted by Gasteiger charge is 2.37. The molecule has 244 valence electrons. The average molecular weight is 661 g/mol. The van der Waals surface area contributed by atoms with Gasteiger partial charge in [0.2, 0.25) is 20.0 Å². The van der Waals surface area contributed by atoms with Crippen molar-refractivity contribution in [2.75, 3.05) is 24.7 Å². The summed E-state index contributed by atoms with van der Waals surface area (Å²) in [4.78, 5) is 0. The Kier molecular flexibility index (Phi) is 10.7. The SMILES string of the molecule is O=S(=O)(C[C@@H](NO)[C@H]1CCCO1)N1Cc2ccc(F)cc2C1.O=S(=O)(C[C@H](NO)[C@H]1CCCO1)N1Cc2ccc(F)cc2C1. The lowest BCUT2D eigenvalue weighted by molar-refractivity contribution is 0.0275. The number of hydroxylamine groups is 2. The van der Waals surface area contributed by atoms with Gasteiger partial charge >= 0.3 is 0 Å². The van der Waals surface area contributed by atoms with Gasteiger partial charge in [-0.1, -0.05) is 12.1 Å². The highest BCUT2D eigenvalue weighted by atomic mass is 32.2. The molecule has 4 aliphatic heterocycles. The van der Waals surface area contributed by atoms with Crippen LogP contribution in [0.5, 0.6) is 0 Å². The minimum absolute atomic E-state index is 0.166. The number of sulfonamides is 2. The van der Waals surface area contributed by atoms with Crippen molar-refractivity contribution >= 4 is 20.0 Å². The minimum Gasteiger partial charge on any atom is -0.376 e. The van der Waals surface area contributed by atoms with Crippen LogP contribution >= 0.6 is 0 Å². The molecule has 4 heterocycles. The molecule has 0 unspecified atom stereocenters. The maximum absolute atomic E-state index is 13.2. The molecule has 2 saturated heterocycles. The molecular formula is C28H38F2N4O8S2. The van der Waals surface area contributed by atoms with Gasteiger partial charge in [-0.05, 0) is 72.2 Å². The molecule has 4 atom stereocenters. The van der Waals surface area contributed by atoms with Gasteiger partial charge in [-0.15, -0.1) is 0 Å². The zero-order chi connectivity index (χ0) is 31.5. The van der Waals surface area contributed by atoms with Crippen LogP contribution < -0.4 is 11.0 Å². The van der Waals surface area contributed by atoms with Crippen molar-refractivity contribution in [1.29, 1.82) is 0 Å². The third-order valence-electron chi connectivity index (χ3n) is 8.45. The first-order valence-corrected chi connectivity index (χ1v) is 17.7. The Labute approximate surface area is 256 Å². The molecule has 4 N–H and O–H groups in total. The molecule has 16 heteroatoms. The molecule has 0 bridgehead atoms. The zero-order valence-corrected chi connectivity index (χ0v) is 25.7. The number of nitrogens with one attached hydrogen (secondary N) is 2. The quantitative estimate of drug-likeness (QED) is 0.278. The van der Waals surface area contributed by atoms with E-state index in [0.717, 1.165) is 36.8 Å². The van der Waals surface area contributed by atoms with Crippen molar-refractivity contribution in [3.8, 4) is 0 Å². The number of fused-ring (bicyclic) bond motifs is 2. The number of halogens is 2. The van der Waals surface area contributed by atoms with Crippen molar-refractivity contribution in [3.63, 3.8) is 0 Å². The average Bonchev–Trinajstić information content (AvgIpc) is 3.81. The second-order valence-electron chi connectivity index (χ2n) is 11.5. The van der Waals surface area contributed by atoms with E-state index in [0.29, 0.717) is 24.3 Å². The van der Waals surface area contributed by atoms with Crippen LogP contribution in [0.1, 0.15) is 47.9 Å². The lowest BCUT2D eigenvalue weighted by Gasteiger charge is -2.24. The Morgan fingerprint density at radius 2 is 1.09 bits per heavy atom.